The van der Waals surface area contributed by atoms with Crippen molar-refractivity contribution in [2.75, 3.05) is 21.1 Å². The Morgan fingerprint density at radius 3 is 2.57 bits per heavy atom. The molecule has 5 nitrogen and oxygen atoms in total. The molecule has 0 unspecified atom stereocenters. The molecule has 2 rings (SSSR count). The molecule has 120 valence electrons. The molecular weight excluding hydrogens is 290 g/mol. The Bertz CT molecular complexity index is 728. The molecule has 0 saturated carbocycles. The molecule has 0 saturated heterocycles. The zero-order chi connectivity index (χ0) is 17.0. The monoisotopic (exact) mass is 311 g/mol. The fraction of sp³-hybridized carbons (Fsp3) is 0.333. The van der Waals surface area contributed by atoms with Crippen LogP contribution in [-0.2, 0) is 11.3 Å². The Morgan fingerprint density at radius 2 is 1.91 bits per heavy atom. The minimum atomic E-state index is -0.232. The van der Waals surface area contributed by atoms with E-state index in [-0.39, 0.29) is 11.9 Å². The summed E-state index contributed by atoms with van der Waals surface area (Å²) in [5.41, 5.74) is 1.36. The minimum Gasteiger partial charge on any atom is -0.460 e. The third kappa shape index (κ3) is 3.79. The maximum absolute atomic E-state index is 12.0. The zero-order valence-electron chi connectivity index (χ0n) is 13.9. The summed E-state index contributed by atoms with van der Waals surface area (Å²) in [6.45, 7) is 2.40. The molecule has 23 heavy (non-hydrogen) atoms. The van der Waals surface area contributed by atoms with Crippen LogP contribution in [0.3, 0.4) is 0 Å². The van der Waals surface area contributed by atoms with Gasteiger partial charge in [0.1, 0.15) is 11.5 Å². The third-order valence-corrected chi connectivity index (χ3v) is 3.84. The van der Waals surface area contributed by atoms with Gasteiger partial charge in [0.15, 0.2) is 0 Å². The number of benzene rings is 1. The zero-order valence-corrected chi connectivity index (χ0v) is 13.9. The van der Waals surface area contributed by atoms with Crippen molar-refractivity contribution >= 4 is 5.91 Å². The SMILES string of the molecule is C[C@H](C(=O)N(C)C)N(C)Cc1ccc(-c2ccccc2C#N)o1. The number of furan rings is 1. The lowest BCUT2D eigenvalue weighted by Crippen LogP contribution is -2.42. The minimum absolute atomic E-state index is 0.0501. The fourth-order valence-corrected chi connectivity index (χ4v) is 2.35. The van der Waals surface area contributed by atoms with Crippen molar-refractivity contribution in [3.63, 3.8) is 0 Å². The summed E-state index contributed by atoms with van der Waals surface area (Å²) in [6, 6.07) is 13.0. The number of hydrogen-bond acceptors (Lipinski definition) is 4. The lowest BCUT2D eigenvalue weighted by molar-refractivity contribution is -0.133. The second-order valence-electron chi connectivity index (χ2n) is 5.75. The van der Waals surface area contributed by atoms with E-state index in [0.717, 1.165) is 11.3 Å². The normalized spacial score (nSPS) is 12.0. The molecule has 0 aliphatic carbocycles. The van der Waals surface area contributed by atoms with Gasteiger partial charge in [-0.2, -0.15) is 5.26 Å². The van der Waals surface area contributed by atoms with E-state index < -0.39 is 0 Å². The highest BCUT2D eigenvalue weighted by atomic mass is 16.3. The third-order valence-electron chi connectivity index (χ3n) is 3.84. The van der Waals surface area contributed by atoms with E-state index in [1.54, 1.807) is 25.1 Å². The summed E-state index contributed by atoms with van der Waals surface area (Å²) < 4.78 is 5.86. The Morgan fingerprint density at radius 1 is 1.22 bits per heavy atom. The van der Waals surface area contributed by atoms with Gasteiger partial charge >= 0.3 is 0 Å². The average Bonchev–Trinajstić information content (AvgIpc) is 3.01. The van der Waals surface area contributed by atoms with Gasteiger partial charge in [0.05, 0.1) is 24.2 Å². The number of nitriles is 1. The van der Waals surface area contributed by atoms with Crippen molar-refractivity contribution in [3.8, 4) is 17.4 Å². The molecular formula is C18H21N3O2. The van der Waals surface area contributed by atoms with E-state index in [0.29, 0.717) is 17.9 Å². The number of carbonyl (C=O) groups is 1. The first kappa shape index (κ1) is 16.8. The molecule has 0 bridgehead atoms. The molecule has 0 spiro atoms. The highest BCUT2D eigenvalue weighted by Gasteiger charge is 2.20. The van der Waals surface area contributed by atoms with Gasteiger partial charge in [-0.3, -0.25) is 9.69 Å². The summed E-state index contributed by atoms with van der Waals surface area (Å²) in [7, 11) is 5.38. The van der Waals surface area contributed by atoms with Gasteiger partial charge in [-0.25, -0.2) is 0 Å². The first-order chi connectivity index (χ1) is 10.9. The lowest BCUT2D eigenvalue weighted by atomic mass is 10.1. The number of hydrogen-bond donors (Lipinski definition) is 0. The summed E-state index contributed by atoms with van der Waals surface area (Å²) in [6.07, 6.45) is 0. The molecule has 1 atom stereocenters. The van der Waals surface area contributed by atoms with Crippen LogP contribution in [0.4, 0.5) is 0 Å². The van der Waals surface area contributed by atoms with Gasteiger partial charge in [-0.05, 0) is 38.2 Å². The molecule has 0 N–H and O–H groups in total. The van der Waals surface area contributed by atoms with Gasteiger partial charge in [-0.1, -0.05) is 12.1 Å². The van der Waals surface area contributed by atoms with E-state index in [2.05, 4.69) is 6.07 Å². The van der Waals surface area contributed by atoms with Crippen LogP contribution < -0.4 is 0 Å². The molecule has 1 aromatic carbocycles. The molecule has 1 heterocycles. The maximum Gasteiger partial charge on any atom is 0.239 e. The van der Waals surface area contributed by atoms with Crippen molar-refractivity contribution in [2.24, 2.45) is 0 Å². The largest absolute Gasteiger partial charge is 0.460 e. The first-order valence-electron chi connectivity index (χ1n) is 7.43. The standard InChI is InChI=1S/C18H21N3O2/c1-13(18(22)20(2)3)21(4)12-15-9-10-17(23-15)16-8-6-5-7-14(16)11-19/h5-10,13H,12H2,1-4H3/t13-/m1/s1. The van der Waals surface area contributed by atoms with Gasteiger partial charge in [0, 0.05) is 19.7 Å². The molecule has 2 aromatic rings. The van der Waals surface area contributed by atoms with Crippen molar-refractivity contribution in [2.45, 2.75) is 19.5 Å². The van der Waals surface area contributed by atoms with E-state index in [9.17, 15) is 10.1 Å². The van der Waals surface area contributed by atoms with Crippen LogP contribution in [0.1, 0.15) is 18.2 Å². The molecule has 0 aliphatic heterocycles. The highest BCUT2D eigenvalue weighted by molar-refractivity contribution is 5.80. The second kappa shape index (κ2) is 7.12. The van der Waals surface area contributed by atoms with Crippen LogP contribution in [0.2, 0.25) is 0 Å². The van der Waals surface area contributed by atoms with Crippen molar-refractivity contribution < 1.29 is 9.21 Å². The average molecular weight is 311 g/mol. The van der Waals surface area contributed by atoms with E-state index in [4.69, 9.17) is 4.42 Å². The number of carbonyl (C=O) groups excluding carboxylic acids is 1. The summed E-state index contributed by atoms with van der Waals surface area (Å²) in [5.74, 6) is 1.47. The highest BCUT2D eigenvalue weighted by Crippen LogP contribution is 2.26. The molecule has 5 heteroatoms. The predicted octanol–water partition coefficient (Wildman–Crippen LogP) is 2.73. The van der Waals surface area contributed by atoms with Crippen LogP contribution in [0.25, 0.3) is 11.3 Å². The van der Waals surface area contributed by atoms with Crippen LogP contribution >= 0.6 is 0 Å². The number of amides is 1. The number of nitrogens with zero attached hydrogens (tertiary/aromatic N) is 3. The van der Waals surface area contributed by atoms with Crippen molar-refractivity contribution in [1.29, 1.82) is 5.26 Å². The van der Waals surface area contributed by atoms with Crippen molar-refractivity contribution in [3.05, 3.63) is 47.7 Å². The smallest absolute Gasteiger partial charge is 0.239 e. The van der Waals surface area contributed by atoms with Gasteiger partial charge in [0.25, 0.3) is 0 Å². The molecule has 1 aromatic heterocycles. The Kier molecular flexibility index (Phi) is 5.20. The quantitative estimate of drug-likeness (QED) is 0.852. The lowest BCUT2D eigenvalue weighted by Gasteiger charge is -2.25. The Hall–Kier alpha value is -2.58. The molecule has 0 radical (unpaired) electrons. The van der Waals surface area contributed by atoms with Crippen molar-refractivity contribution in [1.82, 2.24) is 9.80 Å². The Labute approximate surface area is 136 Å². The van der Waals surface area contributed by atoms with Gasteiger partial charge in [-0.15, -0.1) is 0 Å². The topological polar surface area (TPSA) is 60.5 Å². The maximum atomic E-state index is 12.0. The number of rotatable bonds is 5. The van der Waals surface area contributed by atoms with E-state index in [1.165, 1.54) is 0 Å². The molecule has 0 aliphatic rings. The molecule has 0 fully saturated rings. The Balaban J connectivity index is 2.14. The predicted molar refractivity (Wildman–Crippen MR) is 88.5 cm³/mol. The van der Waals surface area contributed by atoms with Gasteiger partial charge < -0.3 is 9.32 Å². The first-order valence-corrected chi connectivity index (χ1v) is 7.43. The molecule has 1 amide bonds. The number of likely N-dealkylation sites (N-methyl/N-ethyl adjacent to an activating group) is 2. The van der Waals surface area contributed by atoms with E-state index in [1.807, 2.05) is 49.2 Å². The summed E-state index contributed by atoms with van der Waals surface area (Å²) in [5, 5.41) is 9.18. The second-order valence-corrected chi connectivity index (χ2v) is 5.75. The van der Waals surface area contributed by atoms with Crippen LogP contribution in [-0.4, -0.2) is 42.9 Å². The van der Waals surface area contributed by atoms with Crippen LogP contribution in [0.15, 0.2) is 40.8 Å². The van der Waals surface area contributed by atoms with E-state index >= 15 is 0 Å². The summed E-state index contributed by atoms with van der Waals surface area (Å²) in [4.78, 5) is 15.5. The summed E-state index contributed by atoms with van der Waals surface area (Å²) >= 11 is 0. The fourth-order valence-electron chi connectivity index (χ4n) is 2.35. The van der Waals surface area contributed by atoms with Crippen LogP contribution in [0.5, 0.6) is 0 Å². The van der Waals surface area contributed by atoms with Crippen LogP contribution in [0, 0.1) is 11.3 Å². The van der Waals surface area contributed by atoms with Gasteiger partial charge in [0.2, 0.25) is 5.91 Å².